The van der Waals surface area contributed by atoms with Gasteiger partial charge in [0, 0.05) is 0 Å². The maximum atomic E-state index is 12.8. The van der Waals surface area contributed by atoms with Crippen LogP contribution in [0.15, 0.2) is 0 Å². The Hall–Kier alpha value is -0.170. The molecule has 0 aliphatic heterocycles. The summed E-state index contributed by atoms with van der Waals surface area (Å²) in [6.07, 6.45) is -0.665. The van der Waals surface area contributed by atoms with Gasteiger partial charge in [0.25, 0.3) is 0 Å². The second-order valence-electron chi connectivity index (χ2n) is 6.10. The van der Waals surface area contributed by atoms with Crippen LogP contribution in [0.1, 0.15) is 20.3 Å². The summed E-state index contributed by atoms with van der Waals surface area (Å²) in [5.74, 6) is 0. The van der Waals surface area contributed by atoms with E-state index >= 15 is 0 Å². The Morgan fingerprint density at radius 2 is 1.17 bits per heavy atom. The first kappa shape index (κ1) is 23.8. The number of hydrogen-bond acceptors (Lipinski definition) is 5. The molecule has 0 amide bonds. The Balaban J connectivity index is 6.82. The molecule has 6 nitrogen and oxygen atoms in total. The zero-order valence-corrected chi connectivity index (χ0v) is 16.0. The topological polar surface area (TPSA) is 83.6 Å². The van der Waals surface area contributed by atoms with E-state index in [4.69, 9.17) is 0 Å². The molecule has 0 aromatic carbocycles. The van der Waals surface area contributed by atoms with Crippen molar-refractivity contribution in [3.05, 3.63) is 0 Å². The second-order valence-corrected chi connectivity index (χ2v) is 14.6. The van der Waals surface area contributed by atoms with Crippen LogP contribution in [0.5, 0.6) is 0 Å². The molecule has 0 spiro atoms. The number of sulfonamides is 2. The van der Waals surface area contributed by atoms with Crippen molar-refractivity contribution in [2.75, 3.05) is 20.0 Å². The Bertz CT molecular complexity index is 624. The first-order valence-electron chi connectivity index (χ1n) is 6.36. The summed E-state index contributed by atoms with van der Waals surface area (Å²) in [5.41, 5.74) is -15.1. The molecular formula is C9H19F6N2O4PS2. The van der Waals surface area contributed by atoms with Crippen LogP contribution in [0, 0.1) is 0 Å². The summed E-state index contributed by atoms with van der Waals surface area (Å²) in [5, 5.41) is 2.35. The fourth-order valence-electron chi connectivity index (χ4n) is 1.92. The molecule has 0 heterocycles. The number of nitrogens with zero attached hydrogens (tertiary/aromatic N) is 1. The van der Waals surface area contributed by atoms with Gasteiger partial charge in [-0.25, -0.2) is 0 Å². The minimum atomic E-state index is -6.84. The van der Waals surface area contributed by atoms with Crippen molar-refractivity contribution in [2.24, 2.45) is 0 Å². The molecule has 0 aromatic heterocycles. The van der Waals surface area contributed by atoms with Crippen molar-refractivity contribution < 1.29 is 43.2 Å². The van der Waals surface area contributed by atoms with Gasteiger partial charge in [-0.15, -0.1) is 0 Å². The summed E-state index contributed by atoms with van der Waals surface area (Å²) < 4.78 is 122. The van der Waals surface area contributed by atoms with E-state index in [1.54, 1.807) is 0 Å². The van der Waals surface area contributed by atoms with Gasteiger partial charge in [-0.1, -0.05) is 0 Å². The van der Waals surface area contributed by atoms with E-state index in [2.05, 4.69) is 5.09 Å². The molecule has 1 atom stereocenters. The van der Waals surface area contributed by atoms with Crippen LogP contribution in [-0.4, -0.2) is 57.2 Å². The quantitative estimate of drug-likeness (QED) is 0.399. The van der Waals surface area contributed by atoms with Crippen LogP contribution in [0.3, 0.4) is 0 Å². The summed E-state index contributed by atoms with van der Waals surface area (Å²) in [6.45, 7) is 6.11. The Morgan fingerprint density at radius 3 is 1.33 bits per heavy atom. The zero-order valence-electron chi connectivity index (χ0n) is 13.4. The second kappa shape index (κ2) is 6.53. The first-order chi connectivity index (χ1) is 10.1. The monoisotopic (exact) mass is 428 g/mol. The summed E-state index contributed by atoms with van der Waals surface area (Å²) in [6, 6.07) is 0. The van der Waals surface area contributed by atoms with Gasteiger partial charge >= 0.3 is 136 Å². The van der Waals surface area contributed by atoms with Gasteiger partial charge in [0.2, 0.25) is 0 Å². The van der Waals surface area contributed by atoms with E-state index in [-0.39, 0.29) is 0 Å². The molecule has 0 rings (SSSR count). The van der Waals surface area contributed by atoms with Crippen molar-refractivity contribution >= 4 is 27.5 Å². The summed E-state index contributed by atoms with van der Waals surface area (Å²) >= 11 is 0. The number of hydrogen-bond donors (Lipinski definition) is 1. The molecule has 24 heavy (non-hydrogen) atoms. The van der Waals surface area contributed by atoms with Crippen molar-refractivity contribution in [2.45, 2.75) is 36.9 Å². The minimum absolute atomic E-state index is 0.665. The van der Waals surface area contributed by atoms with Gasteiger partial charge in [0.15, 0.2) is 0 Å². The van der Waals surface area contributed by atoms with E-state index < -0.39 is 54.3 Å². The van der Waals surface area contributed by atoms with E-state index in [9.17, 15) is 43.2 Å². The molecule has 0 bridgehead atoms. The van der Waals surface area contributed by atoms with E-state index in [0.29, 0.717) is 6.92 Å². The summed E-state index contributed by atoms with van der Waals surface area (Å²) in [4.78, 5) is 0. The van der Waals surface area contributed by atoms with Crippen molar-refractivity contribution in [1.29, 1.82) is 0 Å². The number of rotatable bonds is 6. The standard InChI is InChI=1S/C9H19F6N2O4PS2/c1-6-7(2,16-22(3,4)5)17(23(18,19)8(10,11)12)24(20,21)9(13,14)15/h16,22H,6H2,1-5H3. The van der Waals surface area contributed by atoms with Gasteiger partial charge in [0.05, 0.1) is 0 Å². The molecular weight excluding hydrogens is 409 g/mol. The Morgan fingerprint density at radius 1 is 0.875 bits per heavy atom. The molecule has 0 aliphatic carbocycles. The molecule has 0 radical (unpaired) electrons. The van der Waals surface area contributed by atoms with Crippen LogP contribution in [0.4, 0.5) is 26.3 Å². The third-order valence-corrected chi connectivity index (χ3v) is 8.07. The predicted molar refractivity (Wildman–Crippen MR) is 79.7 cm³/mol. The SMILES string of the molecule is CCC(C)(N[PH](C)(C)C)N(S(=O)(=O)C(F)(F)F)S(=O)(=O)C(F)(F)F. The molecule has 1 N–H and O–H groups in total. The molecule has 15 heteroatoms. The van der Waals surface area contributed by atoms with Crippen LogP contribution in [0.25, 0.3) is 0 Å². The van der Waals surface area contributed by atoms with Crippen molar-refractivity contribution in [1.82, 2.24) is 8.80 Å². The first-order valence-corrected chi connectivity index (χ1v) is 12.7. The fourth-order valence-corrected chi connectivity index (χ4v) is 7.31. The molecule has 0 saturated carbocycles. The summed E-state index contributed by atoms with van der Waals surface area (Å²) in [7, 11) is -16.4. The van der Waals surface area contributed by atoms with E-state index in [0.717, 1.165) is 6.92 Å². The van der Waals surface area contributed by atoms with Gasteiger partial charge in [-0.3, -0.25) is 0 Å². The number of halogens is 6. The molecule has 1 unspecified atom stereocenters. The van der Waals surface area contributed by atoms with Crippen LogP contribution in [0.2, 0.25) is 0 Å². The van der Waals surface area contributed by atoms with Gasteiger partial charge in [0.1, 0.15) is 0 Å². The third kappa shape index (κ3) is 4.71. The van der Waals surface area contributed by atoms with Gasteiger partial charge in [-0.05, 0) is 0 Å². The van der Waals surface area contributed by atoms with Gasteiger partial charge in [-0.2, -0.15) is 0 Å². The van der Waals surface area contributed by atoms with Crippen LogP contribution >= 0.6 is 7.41 Å². The normalized spacial score (nSPS) is 18.5. The Kier molecular flexibility index (Phi) is 6.48. The molecule has 0 fully saturated rings. The maximum absolute atomic E-state index is 12.8. The number of alkyl halides is 6. The number of nitrogens with one attached hydrogen (secondary N) is 1. The van der Waals surface area contributed by atoms with Crippen LogP contribution < -0.4 is 5.09 Å². The average molecular weight is 428 g/mol. The van der Waals surface area contributed by atoms with E-state index in [1.807, 2.05) is 0 Å². The van der Waals surface area contributed by atoms with Crippen LogP contribution in [-0.2, 0) is 20.0 Å². The van der Waals surface area contributed by atoms with Crippen molar-refractivity contribution in [3.8, 4) is 0 Å². The third-order valence-electron chi connectivity index (χ3n) is 2.76. The fraction of sp³-hybridized carbons (Fsp3) is 1.00. The van der Waals surface area contributed by atoms with Crippen molar-refractivity contribution in [3.63, 3.8) is 0 Å². The molecule has 0 aromatic rings. The van der Waals surface area contributed by atoms with Gasteiger partial charge < -0.3 is 0 Å². The molecule has 0 saturated heterocycles. The molecule has 0 aliphatic rings. The van der Waals surface area contributed by atoms with E-state index in [1.165, 1.54) is 20.0 Å². The molecule has 148 valence electrons. The zero-order chi connectivity index (χ0) is 20.0. The predicted octanol–water partition coefficient (Wildman–Crippen LogP) is 2.26. The average Bonchev–Trinajstić information content (AvgIpc) is 2.22. The Labute approximate surface area is 137 Å².